The number of nitrogens with zero attached hydrogens (tertiary/aromatic N) is 1. The maximum absolute atomic E-state index is 14.5. The highest BCUT2D eigenvalue weighted by Crippen LogP contribution is 2.37. The van der Waals surface area contributed by atoms with Crippen LogP contribution in [0.2, 0.25) is 5.02 Å². The third-order valence-corrected chi connectivity index (χ3v) is 8.36. The highest BCUT2D eigenvalue weighted by molar-refractivity contribution is 7.99. The van der Waals surface area contributed by atoms with Crippen molar-refractivity contribution < 1.29 is 22.3 Å². The topological polar surface area (TPSA) is 75.7 Å². The molecule has 160 valence electrons. The van der Waals surface area contributed by atoms with E-state index in [1.54, 1.807) is 23.9 Å². The van der Waals surface area contributed by atoms with E-state index in [-0.39, 0.29) is 29.6 Å². The Bertz CT molecular complexity index is 1070. The van der Waals surface area contributed by atoms with Gasteiger partial charge in [-0.3, -0.25) is 4.79 Å². The van der Waals surface area contributed by atoms with Gasteiger partial charge < -0.3 is 10.1 Å². The van der Waals surface area contributed by atoms with Gasteiger partial charge in [-0.1, -0.05) is 11.6 Å². The van der Waals surface area contributed by atoms with Crippen LogP contribution in [0, 0.1) is 5.82 Å². The minimum absolute atomic E-state index is 0.112. The second-order valence-electron chi connectivity index (χ2n) is 7.00. The van der Waals surface area contributed by atoms with E-state index in [4.69, 9.17) is 16.3 Å². The quantitative estimate of drug-likeness (QED) is 0.740. The summed E-state index contributed by atoms with van der Waals surface area (Å²) in [5.74, 6) is -0.632. The molecular weight excluding hydrogens is 451 g/mol. The summed E-state index contributed by atoms with van der Waals surface area (Å²) in [6.45, 7) is 1.04. The molecule has 2 aromatic rings. The molecule has 2 heterocycles. The molecule has 1 unspecified atom stereocenters. The van der Waals surface area contributed by atoms with Crippen LogP contribution in [0.3, 0.4) is 0 Å². The first-order valence-corrected chi connectivity index (χ1v) is 12.3. The Hall–Kier alpha value is -1.65. The fraction of sp³-hybridized carbons (Fsp3) is 0.350. The number of thioether (sulfide) groups is 1. The van der Waals surface area contributed by atoms with E-state index in [0.29, 0.717) is 24.7 Å². The Balaban J connectivity index is 1.60. The zero-order chi connectivity index (χ0) is 21.3. The number of halogens is 2. The largest absolute Gasteiger partial charge is 0.379 e. The van der Waals surface area contributed by atoms with Crippen LogP contribution in [0.5, 0.6) is 0 Å². The van der Waals surface area contributed by atoms with Crippen LogP contribution < -0.4 is 5.32 Å². The molecule has 30 heavy (non-hydrogen) atoms. The van der Waals surface area contributed by atoms with Gasteiger partial charge in [-0.25, -0.2) is 12.8 Å². The Morgan fingerprint density at radius 3 is 2.73 bits per heavy atom. The Morgan fingerprint density at radius 1 is 1.20 bits per heavy atom. The molecule has 0 bridgehead atoms. The number of fused-ring (bicyclic) bond motifs is 1. The van der Waals surface area contributed by atoms with E-state index in [9.17, 15) is 17.6 Å². The summed E-state index contributed by atoms with van der Waals surface area (Å²) in [5, 5.41) is 3.39. The SMILES string of the molecule is O=C(NC1CCSc2ccc(Cl)cc21)c1cc(S(=O)(=O)N2CCOCC2)ccc1F. The van der Waals surface area contributed by atoms with Gasteiger partial charge in [0.05, 0.1) is 29.7 Å². The van der Waals surface area contributed by atoms with Crippen molar-refractivity contribution in [1.82, 2.24) is 9.62 Å². The highest BCUT2D eigenvalue weighted by atomic mass is 35.5. The summed E-state index contributed by atoms with van der Waals surface area (Å²) in [6, 6.07) is 8.46. The molecule has 2 aliphatic heterocycles. The van der Waals surface area contributed by atoms with E-state index >= 15 is 0 Å². The number of amides is 1. The van der Waals surface area contributed by atoms with Crippen LogP contribution in [0.25, 0.3) is 0 Å². The van der Waals surface area contributed by atoms with Crippen LogP contribution in [0.4, 0.5) is 4.39 Å². The molecule has 0 radical (unpaired) electrons. The van der Waals surface area contributed by atoms with Gasteiger partial charge in [-0.05, 0) is 48.4 Å². The number of benzene rings is 2. The Morgan fingerprint density at radius 2 is 1.97 bits per heavy atom. The smallest absolute Gasteiger partial charge is 0.254 e. The summed E-state index contributed by atoms with van der Waals surface area (Å²) in [7, 11) is -3.84. The van der Waals surface area contributed by atoms with Crippen LogP contribution in [-0.2, 0) is 14.8 Å². The molecule has 4 rings (SSSR count). The molecule has 10 heteroatoms. The molecule has 0 spiro atoms. The van der Waals surface area contributed by atoms with Crippen LogP contribution in [0.15, 0.2) is 46.2 Å². The van der Waals surface area contributed by atoms with Crippen molar-refractivity contribution in [2.45, 2.75) is 22.3 Å². The van der Waals surface area contributed by atoms with Gasteiger partial charge in [0, 0.05) is 28.8 Å². The molecular formula is C20H20ClFN2O4S2. The monoisotopic (exact) mass is 470 g/mol. The fourth-order valence-corrected chi connectivity index (χ4v) is 6.25. The molecule has 1 atom stereocenters. The number of sulfonamides is 1. The first kappa shape index (κ1) is 21.6. The molecule has 0 aromatic heterocycles. The van der Waals surface area contributed by atoms with E-state index in [1.165, 1.54) is 10.4 Å². The van der Waals surface area contributed by atoms with Crippen molar-refractivity contribution in [2.75, 3.05) is 32.1 Å². The zero-order valence-electron chi connectivity index (χ0n) is 15.9. The van der Waals surface area contributed by atoms with Crippen LogP contribution in [-0.4, -0.2) is 50.7 Å². The predicted molar refractivity (Wildman–Crippen MR) is 113 cm³/mol. The van der Waals surface area contributed by atoms with Crippen LogP contribution in [0.1, 0.15) is 28.4 Å². The van der Waals surface area contributed by atoms with E-state index < -0.39 is 21.7 Å². The molecule has 1 N–H and O–H groups in total. The highest BCUT2D eigenvalue weighted by Gasteiger charge is 2.29. The minimum atomic E-state index is -3.84. The van der Waals surface area contributed by atoms with E-state index in [2.05, 4.69) is 5.32 Å². The summed E-state index contributed by atoms with van der Waals surface area (Å²) in [4.78, 5) is 13.8. The lowest BCUT2D eigenvalue weighted by atomic mass is 10.0. The fourth-order valence-electron chi connectivity index (χ4n) is 3.53. The molecule has 2 aliphatic rings. The van der Waals surface area contributed by atoms with Crippen molar-refractivity contribution in [3.05, 3.63) is 58.4 Å². The Kier molecular flexibility index (Phi) is 6.36. The normalized spacial score (nSPS) is 19.9. The lowest BCUT2D eigenvalue weighted by molar-refractivity contribution is 0.0730. The number of morpholine rings is 1. The Labute approximate surface area is 183 Å². The first-order chi connectivity index (χ1) is 14.4. The summed E-state index contributed by atoms with van der Waals surface area (Å²) >= 11 is 7.77. The van der Waals surface area contributed by atoms with Crippen molar-refractivity contribution in [2.24, 2.45) is 0 Å². The number of ether oxygens (including phenoxy) is 1. The molecule has 2 aromatic carbocycles. The summed E-state index contributed by atoms with van der Waals surface area (Å²) in [5.41, 5.74) is 0.579. The lowest BCUT2D eigenvalue weighted by Gasteiger charge is -2.27. The maximum atomic E-state index is 14.5. The van der Waals surface area contributed by atoms with Gasteiger partial charge in [-0.2, -0.15) is 4.31 Å². The van der Waals surface area contributed by atoms with Gasteiger partial charge in [0.15, 0.2) is 0 Å². The lowest BCUT2D eigenvalue weighted by Crippen LogP contribution is -2.40. The van der Waals surface area contributed by atoms with Crippen LogP contribution >= 0.6 is 23.4 Å². The van der Waals surface area contributed by atoms with Gasteiger partial charge >= 0.3 is 0 Å². The second-order valence-corrected chi connectivity index (χ2v) is 10.5. The number of hydrogen-bond donors (Lipinski definition) is 1. The standard InChI is InChI=1S/C20H20ClFN2O4S2/c21-13-1-4-19-16(11-13)18(5-10-29-19)23-20(25)15-12-14(2-3-17(15)22)30(26,27)24-6-8-28-9-7-24/h1-4,11-12,18H,5-10H2,(H,23,25). The number of nitrogens with one attached hydrogen (secondary N) is 1. The van der Waals surface area contributed by atoms with Gasteiger partial charge in [-0.15, -0.1) is 11.8 Å². The maximum Gasteiger partial charge on any atom is 0.254 e. The third-order valence-electron chi connectivity index (χ3n) is 5.11. The van der Waals surface area contributed by atoms with Crippen molar-refractivity contribution >= 4 is 39.3 Å². The summed E-state index contributed by atoms with van der Waals surface area (Å²) < 4.78 is 46.6. The van der Waals surface area contributed by atoms with Crippen molar-refractivity contribution in [3.63, 3.8) is 0 Å². The average molecular weight is 471 g/mol. The molecule has 0 saturated carbocycles. The average Bonchev–Trinajstić information content (AvgIpc) is 2.75. The molecule has 1 saturated heterocycles. The predicted octanol–water partition coefficient (Wildman–Crippen LogP) is 3.47. The molecule has 1 fully saturated rings. The van der Waals surface area contributed by atoms with E-state index in [1.807, 2.05) is 6.07 Å². The molecule has 1 amide bonds. The molecule has 6 nitrogen and oxygen atoms in total. The number of carbonyl (C=O) groups is 1. The first-order valence-electron chi connectivity index (χ1n) is 9.47. The second kappa shape index (κ2) is 8.84. The molecule has 0 aliphatic carbocycles. The van der Waals surface area contributed by atoms with Crippen molar-refractivity contribution in [3.8, 4) is 0 Å². The third kappa shape index (κ3) is 4.36. The number of rotatable bonds is 4. The number of hydrogen-bond acceptors (Lipinski definition) is 5. The zero-order valence-corrected chi connectivity index (χ0v) is 18.3. The van der Waals surface area contributed by atoms with E-state index in [0.717, 1.165) is 28.3 Å². The minimum Gasteiger partial charge on any atom is -0.379 e. The van der Waals surface area contributed by atoms with Gasteiger partial charge in [0.2, 0.25) is 10.0 Å². The number of carbonyl (C=O) groups excluding carboxylic acids is 1. The van der Waals surface area contributed by atoms with Gasteiger partial charge in [0.25, 0.3) is 5.91 Å². The van der Waals surface area contributed by atoms with Crippen molar-refractivity contribution in [1.29, 1.82) is 0 Å². The van der Waals surface area contributed by atoms with Gasteiger partial charge in [0.1, 0.15) is 5.82 Å². The summed E-state index contributed by atoms with van der Waals surface area (Å²) in [6.07, 6.45) is 0.664.